The summed E-state index contributed by atoms with van der Waals surface area (Å²) in [5, 5.41) is 2.69. The number of hydrogen-bond acceptors (Lipinski definition) is 5. The monoisotopic (exact) mass is 406 g/mol. The predicted molar refractivity (Wildman–Crippen MR) is 100 cm³/mol. The van der Waals surface area contributed by atoms with E-state index in [1.807, 2.05) is 13.8 Å². The van der Waals surface area contributed by atoms with E-state index in [1.54, 1.807) is 11.1 Å². The summed E-state index contributed by atoms with van der Waals surface area (Å²) in [5.74, 6) is -3.67. The van der Waals surface area contributed by atoms with Crippen LogP contribution in [0.2, 0.25) is 0 Å². The van der Waals surface area contributed by atoms with Gasteiger partial charge in [0.15, 0.2) is 23.3 Å². The molecule has 2 aromatic rings. The smallest absolute Gasteiger partial charge is 0.416 e. The Labute approximate surface area is 166 Å². The van der Waals surface area contributed by atoms with Crippen LogP contribution in [0, 0.1) is 23.4 Å². The number of hydrogen-bond donors (Lipinski definition) is 1. The van der Waals surface area contributed by atoms with Gasteiger partial charge < -0.3 is 10.1 Å². The summed E-state index contributed by atoms with van der Waals surface area (Å²) >= 11 is 0. The first kappa shape index (κ1) is 19.5. The van der Waals surface area contributed by atoms with E-state index in [2.05, 4.69) is 15.3 Å². The molecule has 29 heavy (non-hydrogen) atoms. The van der Waals surface area contributed by atoms with Gasteiger partial charge in [0.2, 0.25) is 5.95 Å². The number of aromatic nitrogens is 2. The summed E-state index contributed by atoms with van der Waals surface area (Å²) in [7, 11) is 0. The SMILES string of the molecule is CC(C)C1OC(=O)N(C2CCCC2)c2nc(Nc3cc(F)c(F)c(F)c3)ncc21. The highest BCUT2D eigenvalue weighted by Gasteiger charge is 2.40. The Bertz CT molecular complexity index is 924. The van der Waals surface area contributed by atoms with Gasteiger partial charge in [0.05, 0.1) is 5.56 Å². The Morgan fingerprint density at radius 3 is 2.45 bits per heavy atom. The van der Waals surface area contributed by atoms with Crippen molar-refractivity contribution in [1.82, 2.24) is 9.97 Å². The molecule has 1 aliphatic carbocycles. The van der Waals surface area contributed by atoms with E-state index in [0.717, 1.165) is 37.8 Å². The maximum atomic E-state index is 13.5. The van der Waals surface area contributed by atoms with E-state index in [9.17, 15) is 18.0 Å². The molecular formula is C20H21F3N4O2. The van der Waals surface area contributed by atoms with E-state index >= 15 is 0 Å². The van der Waals surface area contributed by atoms with E-state index in [0.29, 0.717) is 11.4 Å². The van der Waals surface area contributed by atoms with Crippen molar-refractivity contribution in [3.05, 3.63) is 41.3 Å². The van der Waals surface area contributed by atoms with Gasteiger partial charge in [-0.25, -0.2) is 22.9 Å². The maximum Gasteiger partial charge on any atom is 0.416 e. The van der Waals surface area contributed by atoms with Crippen LogP contribution in [0.1, 0.15) is 51.2 Å². The minimum Gasteiger partial charge on any atom is -0.440 e. The van der Waals surface area contributed by atoms with Gasteiger partial charge in [0, 0.05) is 30.1 Å². The van der Waals surface area contributed by atoms with Crippen LogP contribution in [-0.2, 0) is 4.74 Å². The first-order valence-corrected chi connectivity index (χ1v) is 9.63. The number of nitrogens with one attached hydrogen (secondary N) is 1. The molecule has 0 spiro atoms. The molecule has 1 aromatic carbocycles. The average Bonchev–Trinajstić information content (AvgIpc) is 3.19. The van der Waals surface area contributed by atoms with Gasteiger partial charge in [0.25, 0.3) is 0 Å². The standard InChI is InChI=1S/C20H21F3N4O2/c1-10(2)17-13-9-24-19(25-11-7-14(21)16(23)15(22)8-11)26-18(13)27(20(28)29-17)12-5-3-4-6-12/h7-10,12,17H,3-6H2,1-2H3,(H,24,25,26). The first-order valence-electron chi connectivity index (χ1n) is 9.63. The molecule has 0 bridgehead atoms. The Balaban J connectivity index is 1.73. The molecule has 2 aliphatic rings. The fraction of sp³-hybridized carbons (Fsp3) is 0.450. The van der Waals surface area contributed by atoms with Crippen LogP contribution >= 0.6 is 0 Å². The second-order valence-corrected chi connectivity index (χ2v) is 7.71. The van der Waals surface area contributed by atoms with E-state index in [-0.39, 0.29) is 23.6 Å². The van der Waals surface area contributed by atoms with E-state index in [1.165, 1.54) is 0 Å². The molecule has 1 aliphatic heterocycles. The highest BCUT2D eigenvalue weighted by Crippen LogP contribution is 2.41. The molecule has 1 fully saturated rings. The van der Waals surface area contributed by atoms with Crippen molar-refractivity contribution in [2.75, 3.05) is 10.2 Å². The van der Waals surface area contributed by atoms with E-state index < -0.39 is 29.6 Å². The molecule has 1 unspecified atom stereocenters. The van der Waals surface area contributed by atoms with Crippen molar-refractivity contribution in [3.8, 4) is 0 Å². The number of anilines is 3. The van der Waals surface area contributed by atoms with Gasteiger partial charge in [-0.15, -0.1) is 0 Å². The molecule has 4 rings (SSSR count). The number of rotatable bonds is 4. The molecule has 154 valence electrons. The Kier molecular flexibility index (Phi) is 5.06. The zero-order valence-electron chi connectivity index (χ0n) is 16.1. The fourth-order valence-corrected chi connectivity index (χ4v) is 3.89. The Morgan fingerprint density at radius 1 is 1.17 bits per heavy atom. The van der Waals surface area contributed by atoms with Crippen molar-refractivity contribution in [1.29, 1.82) is 0 Å². The minimum atomic E-state index is -1.54. The quantitative estimate of drug-likeness (QED) is 0.704. The van der Waals surface area contributed by atoms with Crippen molar-refractivity contribution in [3.63, 3.8) is 0 Å². The lowest BCUT2D eigenvalue weighted by Crippen LogP contribution is -2.45. The third kappa shape index (κ3) is 3.61. The normalized spacial score (nSPS) is 19.4. The molecule has 2 heterocycles. The summed E-state index contributed by atoms with van der Waals surface area (Å²) in [6.07, 6.45) is 4.35. The Hall–Kier alpha value is -2.84. The number of fused-ring (bicyclic) bond motifs is 1. The number of carbonyl (C=O) groups is 1. The van der Waals surface area contributed by atoms with Gasteiger partial charge in [-0.1, -0.05) is 26.7 Å². The summed E-state index contributed by atoms with van der Waals surface area (Å²) in [6.45, 7) is 3.87. The Morgan fingerprint density at radius 2 is 1.83 bits per heavy atom. The lowest BCUT2D eigenvalue weighted by Gasteiger charge is -2.37. The van der Waals surface area contributed by atoms with Crippen molar-refractivity contribution >= 4 is 23.5 Å². The lowest BCUT2D eigenvalue weighted by atomic mass is 9.98. The van der Waals surface area contributed by atoms with Gasteiger partial charge >= 0.3 is 6.09 Å². The molecule has 9 heteroatoms. The number of ether oxygens (including phenoxy) is 1. The molecule has 1 N–H and O–H groups in total. The summed E-state index contributed by atoms with van der Waals surface area (Å²) < 4.78 is 45.9. The molecule has 1 saturated carbocycles. The predicted octanol–water partition coefficient (Wildman–Crippen LogP) is 5.23. The maximum absolute atomic E-state index is 13.5. The molecule has 0 saturated heterocycles. The van der Waals surface area contributed by atoms with Gasteiger partial charge in [-0.05, 0) is 18.8 Å². The second-order valence-electron chi connectivity index (χ2n) is 7.71. The van der Waals surface area contributed by atoms with Crippen LogP contribution in [0.5, 0.6) is 0 Å². The third-order valence-electron chi connectivity index (χ3n) is 5.29. The number of benzene rings is 1. The molecule has 1 atom stereocenters. The summed E-state index contributed by atoms with van der Waals surface area (Å²) in [6, 6.07) is 1.63. The second kappa shape index (κ2) is 7.53. The number of halogens is 3. The molecule has 1 amide bonds. The molecule has 6 nitrogen and oxygen atoms in total. The number of amides is 1. The summed E-state index contributed by atoms with van der Waals surface area (Å²) in [5.41, 5.74) is 0.654. The van der Waals surface area contributed by atoms with Crippen LogP contribution in [0.15, 0.2) is 18.3 Å². The largest absolute Gasteiger partial charge is 0.440 e. The van der Waals surface area contributed by atoms with Crippen molar-refractivity contribution in [2.45, 2.75) is 51.7 Å². The molecule has 0 radical (unpaired) electrons. The van der Waals surface area contributed by atoms with Crippen LogP contribution < -0.4 is 10.2 Å². The first-order chi connectivity index (χ1) is 13.8. The van der Waals surface area contributed by atoms with Gasteiger partial charge in [0.1, 0.15) is 6.10 Å². The zero-order chi connectivity index (χ0) is 20.7. The number of nitrogens with zero attached hydrogens (tertiary/aromatic N) is 3. The number of carbonyl (C=O) groups excluding carboxylic acids is 1. The van der Waals surface area contributed by atoms with Crippen LogP contribution in [-0.4, -0.2) is 22.1 Å². The zero-order valence-corrected chi connectivity index (χ0v) is 16.1. The average molecular weight is 406 g/mol. The lowest BCUT2D eigenvalue weighted by molar-refractivity contribution is 0.0673. The van der Waals surface area contributed by atoms with Crippen LogP contribution in [0.25, 0.3) is 0 Å². The van der Waals surface area contributed by atoms with Crippen molar-refractivity contribution < 1.29 is 22.7 Å². The summed E-state index contributed by atoms with van der Waals surface area (Å²) in [4.78, 5) is 23.0. The van der Waals surface area contributed by atoms with Crippen LogP contribution in [0.4, 0.5) is 35.4 Å². The van der Waals surface area contributed by atoms with Gasteiger partial charge in [-0.3, -0.25) is 4.90 Å². The van der Waals surface area contributed by atoms with E-state index in [4.69, 9.17) is 4.74 Å². The van der Waals surface area contributed by atoms with Crippen LogP contribution in [0.3, 0.4) is 0 Å². The highest BCUT2D eigenvalue weighted by atomic mass is 19.2. The molecule has 1 aromatic heterocycles. The highest BCUT2D eigenvalue weighted by molar-refractivity contribution is 5.90. The van der Waals surface area contributed by atoms with Crippen molar-refractivity contribution in [2.24, 2.45) is 5.92 Å². The van der Waals surface area contributed by atoms with Gasteiger partial charge in [-0.2, -0.15) is 4.98 Å². The third-order valence-corrected chi connectivity index (χ3v) is 5.29. The topological polar surface area (TPSA) is 67.3 Å². The fourth-order valence-electron chi connectivity index (χ4n) is 3.89. The minimum absolute atomic E-state index is 0.0159. The number of cyclic esters (lactones) is 1. The molecular weight excluding hydrogens is 385 g/mol.